The van der Waals surface area contributed by atoms with Gasteiger partial charge >= 0.3 is 5.97 Å². The van der Waals surface area contributed by atoms with Gasteiger partial charge in [0, 0.05) is 18.1 Å². The summed E-state index contributed by atoms with van der Waals surface area (Å²) in [6.07, 6.45) is 3.61. The summed E-state index contributed by atoms with van der Waals surface area (Å²) in [6.45, 7) is 0.421. The lowest BCUT2D eigenvalue weighted by atomic mass is 10.2. The third-order valence-electron chi connectivity index (χ3n) is 2.08. The fraction of sp³-hybridized carbons (Fsp3) is 0.231. The second-order valence-corrected chi connectivity index (χ2v) is 4.29. The van der Waals surface area contributed by atoms with Crippen molar-refractivity contribution in [2.45, 2.75) is 12.8 Å². The Balaban J connectivity index is 2.81. The van der Waals surface area contributed by atoms with Gasteiger partial charge in [0.1, 0.15) is 5.75 Å². The van der Waals surface area contributed by atoms with Gasteiger partial charge in [-0.25, -0.2) is 4.79 Å². The van der Waals surface area contributed by atoms with E-state index in [1.807, 2.05) is 12.1 Å². The van der Waals surface area contributed by atoms with Crippen LogP contribution in [0, 0.1) is 11.3 Å². The van der Waals surface area contributed by atoms with Crippen molar-refractivity contribution in [3.8, 4) is 11.8 Å². The summed E-state index contributed by atoms with van der Waals surface area (Å²) in [5.74, 6) is -0.418. The van der Waals surface area contributed by atoms with Crippen LogP contribution >= 0.6 is 15.9 Å². The average Bonchev–Trinajstić information content (AvgIpc) is 2.34. The molecular formula is C13H12BrNO3. The monoisotopic (exact) mass is 309 g/mol. The number of hydrogen-bond donors (Lipinski definition) is 1. The van der Waals surface area contributed by atoms with Crippen LogP contribution in [0.4, 0.5) is 0 Å². The Morgan fingerprint density at radius 2 is 2.33 bits per heavy atom. The van der Waals surface area contributed by atoms with Gasteiger partial charge in [-0.3, -0.25) is 0 Å². The van der Waals surface area contributed by atoms with Gasteiger partial charge in [0.25, 0.3) is 0 Å². The first-order valence-electron chi connectivity index (χ1n) is 5.34. The normalized spacial score (nSPS) is 10.2. The van der Waals surface area contributed by atoms with E-state index < -0.39 is 5.97 Å². The number of carboxylic acid groups (broad SMARTS) is 1. The molecule has 0 radical (unpaired) electrons. The highest BCUT2D eigenvalue weighted by atomic mass is 79.9. The van der Waals surface area contributed by atoms with Crippen LogP contribution in [0.15, 0.2) is 28.7 Å². The van der Waals surface area contributed by atoms with Gasteiger partial charge in [0.05, 0.1) is 17.1 Å². The summed E-state index contributed by atoms with van der Waals surface area (Å²) in [6, 6.07) is 7.42. The standard InChI is InChI=1S/C13H12BrNO3/c14-11-5-3-4-10(6-7-12(16)17)13(11)18-9-2-1-8-15/h3-7H,1-2,9H2,(H,16,17). The van der Waals surface area contributed by atoms with Gasteiger partial charge in [-0.15, -0.1) is 0 Å². The van der Waals surface area contributed by atoms with Gasteiger partial charge in [-0.2, -0.15) is 5.26 Å². The fourth-order valence-corrected chi connectivity index (χ4v) is 1.79. The lowest BCUT2D eigenvalue weighted by Gasteiger charge is -2.10. The van der Waals surface area contributed by atoms with Crippen LogP contribution in [-0.2, 0) is 4.79 Å². The number of aliphatic carboxylic acids is 1. The quantitative estimate of drug-likeness (QED) is 0.647. The van der Waals surface area contributed by atoms with Crippen molar-refractivity contribution in [2.75, 3.05) is 6.61 Å². The SMILES string of the molecule is N#CCCCOc1c(Br)cccc1C=CC(=O)O. The van der Waals surface area contributed by atoms with Gasteiger partial charge in [-0.1, -0.05) is 12.1 Å². The summed E-state index contributed by atoms with van der Waals surface area (Å²) >= 11 is 3.35. The lowest BCUT2D eigenvalue weighted by Crippen LogP contribution is -1.99. The molecule has 0 aromatic heterocycles. The minimum Gasteiger partial charge on any atom is -0.492 e. The second-order valence-electron chi connectivity index (χ2n) is 3.44. The smallest absolute Gasteiger partial charge is 0.328 e. The molecule has 0 saturated heterocycles. The maximum Gasteiger partial charge on any atom is 0.328 e. The van der Waals surface area contributed by atoms with E-state index in [1.54, 1.807) is 12.1 Å². The number of halogens is 1. The number of nitrogens with zero attached hydrogens (tertiary/aromatic N) is 1. The van der Waals surface area contributed by atoms with Crippen molar-refractivity contribution in [1.82, 2.24) is 0 Å². The molecule has 1 aromatic rings. The highest BCUT2D eigenvalue weighted by molar-refractivity contribution is 9.10. The lowest BCUT2D eigenvalue weighted by molar-refractivity contribution is -0.131. The zero-order valence-corrected chi connectivity index (χ0v) is 11.2. The maximum absolute atomic E-state index is 10.5. The molecule has 0 unspecified atom stereocenters. The molecule has 1 aromatic carbocycles. The molecule has 0 aliphatic carbocycles. The number of para-hydroxylation sites is 1. The molecule has 1 N–H and O–H groups in total. The van der Waals surface area contributed by atoms with Crippen molar-refractivity contribution in [2.24, 2.45) is 0 Å². The van der Waals surface area contributed by atoms with E-state index in [0.717, 1.165) is 10.5 Å². The number of unbranched alkanes of at least 4 members (excludes halogenated alkanes) is 1. The number of nitriles is 1. The topological polar surface area (TPSA) is 70.3 Å². The van der Waals surface area contributed by atoms with Crippen LogP contribution in [-0.4, -0.2) is 17.7 Å². The summed E-state index contributed by atoms with van der Waals surface area (Å²) in [7, 11) is 0. The molecule has 0 fully saturated rings. The Labute approximate surface area is 114 Å². The van der Waals surface area contributed by atoms with Crippen molar-refractivity contribution >= 4 is 28.0 Å². The third kappa shape index (κ3) is 4.60. The molecule has 5 heteroatoms. The van der Waals surface area contributed by atoms with Crippen molar-refractivity contribution in [3.63, 3.8) is 0 Å². The second kappa shape index (κ2) is 7.51. The third-order valence-corrected chi connectivity index (χ3v) is 2.71. The van der Waals surface area contributed by atoms with Gasteiger partial charge < -0.3 is 9.84 Å². The van der Waals surface area contributed by atoms with E-state index >= 15 is 0 Å². The van der Waals surface area contributed by atoms with E-state index in [-0.39, 0.29) is 0 Å². The molecule has 94 valence electrons. The minimum atomic E-state index is -1.01. The molecule has 0 atom stereocenters. The molecule has 18 heavy (non-hydrogen) atoms. The highest BCUT2D eigenvalue weighted by Crippen LogP contribution is 2.30. The molecule has 0 aliphatic heterocycles. The number of ether oxygens (including phenoxy) is 1. The van der Waals surface area contributed by atoms with Gasteiger partial charge in [-0.05, 0) is 34.5 Å². The van der Waals surface area contributed by atoms with Gasteiger partial charge in [0.15, 0.2) is 0 Å². The Kier molecular flexibility index (Phi) is 5.95. The molecule has 4 nitrogen and oxygen atoms in total. The highest BCUT2D eigenvalue weighted by Gasteiger charge is 2.06. The van der Waals surface area contributed by atoms with Crippen LogP contribution in [0.25, 0.3) is 6.08 Å². The average molecular weight is 310 g/mol. The van der Waals surface area contributed by atoms with E-state index in [0.29, 0.717) is 30.8 Å². The Bertz CT molecular complexity index is 491. The predicted octanol–water partition coefficient (Wildman–Crippen LogP) is 3.23. The molecule has 0 heterocycles. The van der Waals surface area contributed by atoms with E-state index in [9.17, 15) is 4.79 Å². The maximum atomic E-state index is 10.5. The largest absolute Gasteiger partial charge is 0.492 e. The van der Waals surface area contributed by atoms with E-state index in [2.05, 4.69) is 15.9 Å². The molecular weight excluding hydrogens is 298 g/mol. The molecule has 1 rings (SSSR count). The minimum absolute atomic E-state index is 0.421. The predicted molar refractivity (Wildman–Crippen MR) is 71.2 cm³/mol. The number of hydrogen-bond acceptors (Lipinski definition) is 3. The number of carboxylic acids is 1. The Morgan fingerprint density at radius 1 is 1.56 bits per heavy atom. The van der Waals surface area contributed by atoms with Crippen LogP contribution < -0.4 is 4.74 Å². The molecule has 0 spiro atoms. The molecule has 0 saturated carbocycles. The zero-order chi connectivity index (χ0) is 13.4. The van der Waals surface area contributed by atoms with Crippen LogP contribution in [0.3, 0.4) is 0 Å². The summed E-state index contributed by atoms with van der Waals surface area (Å²) in [5, 5.41) is 17.0. The van der Waals surface area contributed by atoms with E-state index in [4.69, 9.17) is 15.1 Å². The first-order chi connectivity index (χ1) is 8.65. The summed E-state index contributed by atoms with van der Waals surface area (Å²) in [5.41, 5.74) is 0.684. The number of benzene rings is 1. The fourth-order valence-electron chi connectivity index (χ4n) is 1.30. The van der Waals surface area contributed by atoms with Crippen molar-refractivity contribution < 1.29 is 14.6 Å². The summed E-state index contributed by atoms with van der Waals surface area (Å²) < 4.78 is 6.32. The van der Waals surface area contributed by atoms with Gasteiger partial charge in [0.2, 0.25) is 0 Å². The van der Waals surface area contributed by atoms with Crippen molar-refractivity contribution in [1.29, 1.82) is 5.26 Å². The number of carbonyl (C=O) groups is 1. The number of rotatable bonds is 6. The van der Waals surface area contributed by atoms with Crippen LogP contribution in [0.5, 0.6) is 5.75 Å². The zero-order valence-electron chi connectivity index (χ0n) is 9.60. The molecule has 0 bridgehead atoms. The molecule has 0 aliphatic rings. The first kappa shape index (κ1) is 14.3. The van der Waals surface area contributed by atoms with Crippen molar-refractivity contribution in [3.05, 3.63) is 34.3 Å². The first-order valence-corrected chi connectivity index (χ1v) is 6.13. The van der Waals surface area contributed by atoms with Crippen LogP contribution in [0.2, 0.25) is 0 Å². The Morgan fingerprint density at radius 3 is 3.00 bits per heavy atom. The summed E-state index contributed by atoms with van der Waals surface area (Å²) in [4.78, 5) is 10.5. The molecule has 0 amide bonds. The Hall–Kier alpha value is -1.80. The van der Waals surface area contributed by atoms with Crippen LogP contribution in [0.1, 0.15) is 18.4 Å². The van der Waals surface area contributed by atoms with E-state index in [1.165, 1.54) is 6.08 Å².